The van der Waals surface area contributed by atoms with E-state index in [0.717, 1.165) is 0 Å². The monoisotopic (exact) mass is 358 g/mol. The molecule has 25 heavy (non-hydrogen) atoms. The van der Waals surface area contributed by atoms with E-state index in [1.54, 1.807) is 13.0 Å². The Hall–Kier alpha value is -2.58. The minimum Gasteiger partial charge on any atom is -0.450 e. The van der Waals surface area contributed by atoms with Crippen molar-refractivity contribution in [1.29, 1.82) is 0 Å². The highest BCUT2D eigenvalue weighted by molar-refractivity contribution is 5.96. The average Bonchev–Trinajstić information content (AvgIpc) is 2.67. The molecule has 9 heteroatoms. The first-order valence-electron chi connectivity index (χ1n) is 7.67. The molecule has 2 rings (SSSR count). The van der Waals surface area contributed by atoms with E-state index in [1.165, 1.54) is 12.1 Å². The van der Waals surface area contributed by atoms with Gasteiger partial charge in [0.1, 0.15) is 0 Å². The number of benzene rings is 1. The molecule has 0 aromatic heterocycles. The van der Waals surface area contributed by atoms with Gasteiger partial charge in [0.15, 0.2) is 5.78 Å². The minimum atomic E-state index is -5.00. The number of anilines is 1. The van der Waals surface area contributed by atoms with Crippen molar-refractivity contribution < 1.29 is 32.3 Å². The SMILES string of the molecule is CCOC(=O)N[C@H]1CCc2c(cccc2NC(=O)C(F)(F)F)CC1=O. The molecule has 0 saturated heterocycles. The Morgan fingerprint density at radius 3 is 2.68 bits per heavy atom. The topological polar surface area (TPSA) is 84.5 Å². The Morgan fingerprint density at radius 2 is 2.04 bits per heavy atom. The number of nitrogens with one attached hydrogen (secondary N) is 2. The second kappa shape index (κ2) is 7.54. The molecule has 0 saturated carbocycles. The van der Waals surface area contributed by atoms with Gasteiger partial charge >= 0.3 is 18.2 Å². The zero-order chi connectivity index (χ0) is 18.6. The summed E-state index contributed by atoms with van der Waals surface area (Å²) < 4.78 is 42.1. The summed E-state index contributed by atoms with van der Waals surface area (Å²) in [5.74, 6) is -2.34. The van der Waals surface area contributed by atoms with Crippen LogP contribution in [0.15, 0.2) is 18.2 Å². The molecule has 0 unspecified atom stereocenters. The van der Waals surface area contributed by atoms with E-state index in [0.29, 0.717) is 11.1 Å². The van der Waals surface area contributed by atoms with Crippen LogP contribution >= 0.6 is 0 Å². The maximum absolute atomic E-state index is 12.5. The molecule has 1 aromatic rings. The van der Waals surface area contributed by atoms with Crippen molar-refractivity contribution in [3.63, 3.8) is 0 Å². The summed E-state index contributed by atoms with van der Waals surface area (Å²) in [5.41, 5.74) is 1.00. The normalized spacial score (nSPS) is 17.3. The zero-order valence-electron chi connectivity index (χ0n) is 13.4. The maximum Gasteiger partial charge on any atom is 0.471 e. The second-order valence-electron chi connectivity index (χ2n) is 5.49. The van der Waals surface area contributed by atoms with Crippen molar-refractivity contribution in [3.05, 3.63) is 29.3 Å². The number of Topliss-reactive ketones (excluding diaryl/α,β-unsaturated/α-hetero) is 1. The average molecular weight is 358 g/mol. The lowest BCUT2D eigenvalue weighted by molar-refractivity contribution is -0.167. The highest BCUT2D eigenvalue weighted by atomic mass is 19.4. The van der Waals surface area contributed by atoms with Crippen LogP contribution in [0, 0.1) is 0 Å². The van der Waals surface area contributed by atoms with Gasteiger partial charge in [-0.3, -0.25) is 9.59 Å². The first-order valence-corrected chi connectivity index (χ1v) is 7.67. The molecular weight excluding hydrogens is 341 g/mol. The van der Waals surface area contributed by atoms with Gasteiger partial charge in [0.25, 0.3) is 0 Å². The number of hydrogen-bond acceptors (Lipinski definition) is 4. The van der Waals surface area contributed by atoms with Crippen LogP contribution in [0.2, 0.25) is 0 Å². The third kappa shape index (κ3) is 4.71. The molecule has 0 aliphatic heterocycles. The number of amides is 2. The molecule has 0 heterocycles. The summed E-state index contributed by atoms with van der Waals surface area (Å²) in [6, 6.07) is 3.64. The van der Waals surface area contributed by atoms with E-state index in [1.807, 2.05) is 5.32 Å². The fourth-order valence-corrected chi connectivity index (χ4v) is 2.63. The number of hydrogen-bond donors (Lipinski definition) is 2. The smallest absolute Gasteiger partial charge is 0.450 e. The summed E-state index contributed by atoms with van der Waals surface area (Å²) in [6.45, 7) is 1.78. The molecule has 1 atom stereocenters. The third-order valence-electron chi connectivity index (χ3n) is 3.78. The van der Waals surface area contributed by atoms with Gasteiger partial charge in [0.2, 0.25) is 0 Å². The highest BCUT2D eigenvalue weighted by Gasteiger charge is 2.39. The molecule has 2 N–H and O–H groups in total. The first kappa shape index (κ1) is 18.8. The number of alkyl halides is 3. The van der Waals surface area contributed by atoms with Crippen molar-refractivity contribution in [2.24, 2.45) is 0 Å². The minimum absolute atomic E-state index is 0.0180. The van der Waals surface area contributed by atoms with E-state index in [2.05, 4.69) is 5.32 Å². The lowest BCUT2D eigenvalue weighted by Gasteiger charge is -2.15. The molecule has 136 valence electrons. The first-order chi connectivity index (χ1) is 11.7. The van der Waals surface area contributed by atoms with Crippen molar-refractivity contribution in [1.82, 2.24) is 5.32 Å². The van der Waals surface area contributed by atoms with Crippen LogP contribution in [-0.2, 0) is 27.2 Å². The molecule has 0 fully saturated rings. The Labute approximate surface area is 141 Å². The molecule has 1 aliphatic rings. The van der Waals surface area contributed by atoms with Gasteiger partial charge in [-0.2, -0.15) is 13.2 Å². The van der Waals surface area contributed by atoms with Crippen LogP contribution in [0.25, 0.3) is 0 Å². The quantitative estimate of drug-likeness (QED) is 0.813. The molecule has 1 aliphatic carbocycles. The number of ketones is 1. The number of carbonyl (C=O) groups excluding carboxylic acids is 3. The van der Waals surface area contributed by atoms with E-state index >= 15 is 0 Å². The second-order valence-corrected chi connectivity index (χ2v) is 5.49. The van der Waals surface area contributed by atoms with Gasteiger partial charge in [-0.25, -0.2) is 4.79 Å². The fourth-order valence-electron chi connectivity index (χ4n) is 2.63. The van der Waals surface area contributed by atoms with Crippen LogP contribution in [-0.4, -0.2) is 36.6 Å². The molecule has 1 aromatic carbocycles. The number of halogens is 3. The Kier molecular flexibility index (Phi) is 5.66. The van der Waals surface area contributed by atoms with Gasteiger partial charge in [-0.05, 0) is 37.0 Å². The standard InChI is InChI=1S/C16H17F3N2O4/c1-2-25-15(24)21-12-7-6-10-9(8-13(12)22)4-3-5-11(10)20-14(23)16(17,18)19/h3-5,12H,2,6-8H2,1H3,(H,20,23)(H,21,24)/t12-/m0/s1. The zero-order valence-corrected chi connectivity index (χ0v) is 13.4. The van der Waals surface area contributed by atoms with E-state index in [4.69, 9.17) is 4.74 Å². The molecule has 0 bridgehead atoms. The summed E-state index contributed by atoms with van der Waals surface area (Å²) in [7, 11) is 0. The molecule has 0 radical (unpaired) electrons. The van der Waals surface area contributed by atoms with Crippen LogP contribution in [0.3, 0.4) is 0 Å². The molecular formula is C16H17F3N2O4. The predicted molar refractivity (Wildman–Crippen MR) is 82.1 cm³/mol. The van der Waals surface area contributed by atoms with Crippen LogP contribution in [0.5, 0.6) is 0 Å². The summed E-state index contributed by atoms with van der Waals surface area (Å²) >= 11 is 0. The molecule has 0 spiro atoms. The van der Waals surface area contributed by atoms with Gasteiger partial charge < -0.3 is 15.4 Å². The predicted octanol–water partition coefficient (Wildman–Crippen LogP) is 2.36. The number of ether oxygens (including phenoxy) is 1. The van der Waals surface area contributed by atoms with E-state index < -0.39 is 24.2 Å². The summed E-state index contributed by atoms with van der Waals surface area (Å²) in [4.78, 5) is 34.9. The van der Waals surface area contributed by atoms with E-state index in [9.17, 15) is 27.6 Å². The fraction of sp³-hybridized carbons (Fsp3) is 0.438. The van der Waals surface area contributed by atoms with E-state index in [-0.39, 0.29) is 37.3 Å². The third-order valence-corrected chi connectivity index (χ3v) is 3.78. The van der Waals surface area contributed by atoms with Crippen LogP contribution in [0.4, 0.5) is 23.7 Å². The highest BCUT2D eigenvalue weighted by Crippen LogP contribution is 2.28. The largest absolute Gasteiger partial charge is 0.471 e. The van der Waals surface area contributed by atoms with Gasteiger partial charge in [-0.15, -0.1) is 0 Å². The number of rotatable bonds is 3. The molecule has 6 nitrogen and oxygen atoms in total. The lowest BCUT2D eigenvalue weighted by atomic mass is 10.0. The van der Waals surface area contributed by atoms with Gasteiger partial charge in [0.05, 0.1) is 12.6 Å². The lowest BCUT2D eigenvalue weighted by Crippen LogP contribution is -2.41. The Balaban J connectivity index is 2.19. The summed E-state index contributed by atoms with van der Waals surface area (Å²) in [6.07, 6.45) is -5.35. The molecule has 2 amide bonds. The van der Waals surface area contributed by atoms with Crippen LogP contribution < -0.4 is 10.6 Å². The van der Waals surface area contributed by atoms with Crippen LogP contribution in [0.1, 0.15) is 24.5 Å². The number of fused-ring (bicyclic) bond motifs is 1. The van der Waals surface area contributed by atoms with Gasteiger partial charge in [0, 0.05) is 12.1 Å². The number of alkyl carbamates (subject to hydrolysis) is 1. The van der Waals surface area contributed by atoms with Gasteiger partial charge in [-0.1, -0.05) is 12.1 Å². The van der Waals surface area contributed by atoms with Crippen molar-refractivity contribution in [2.75, 3.05) is 11.9 Å². The summed E-state index contributed by atoms with van der Waals surface area (Å²) in [5, 5.41) is 4.29. The Morgan fingerprint density at radius 1 is 1.32 bits per heavy atom. The maximum atomic E-state index is 12.5. The number of carbonyl (C=O) groups is 3. The van der Waals surface area contributed by atoms with Crippen molar-refractivity contribution >= 4 is 23.5 Å². The van der Waals surface area contributed by atoms with Crippen molar-refractivity contribution in [2.45, 2.75) is 38.4 Å². The Bertz CT molecular complexity index is 688. The van der Waals surface area contributed by atoms with Crippen molar-refractivity contribution in [3.8, 4) is 0 Å².